The number of hydrogen-bond acceptors (Lipinski definition) is 8. The second-order valence-electron chi connectivity index (χ2n) is 14.3. The molecule has 3 aromatic carbocycles. The van der Waals surface area contributed by atoms with Crippen molar-refractivity contribution in [1.82, 2.24) is 19.8 Å². The minimum atomic E-state index is 0.120. The second kappa shape index (κ2) is 13.9. The van der Waals surface area contributed by atoms with Gasteiger partial charge in [0.2, 0.25) is 6.79 Å². The number of carbonyl (C=O) groups is 1. The average Bonchev–Trinajstić information content (AvgIpc) is 3.98. The highest BCUT2D eigenvalue weighted by atomic mass is 16.7. The van der Waals surface area contributed by atoms with Crippen LogP contribution in [0.25, 0.3) is 22.0 Å². The van der Waals surface area contributed by atoms with Crippen LogP contribution in [0.3, 0.4) is 0 Å². The van der Waals surface area contributed by atoms with Crippen molar-refractivity contribution in [3.8, 4) is 22.6 Å². The number of likely N-dealkylation sites (tertiary alicyclic amines) is 2. The number of ether oxygens (including phenoxy) is 2. The second-order valence-corrected chi connectivity index (χ2v) is 14.3. The maximum Gasteiger partial charge on any atom is 0.254 e. The molecule has 2 aromatic heterocycles. The van der Waals surface area contributed by atoms with Gasteiger partial charge in [0.1, 0.15) is 0 Å². The minimum Gasteiger partial charge on any atom is -0.454 e. The Morgan fingerprint density at radius 3 is 2.20 bits per heavy atom. The van der Waals surface area contributed by atoms with E-state index in [1.54, 1.807) is 0 Å². The lowest BCUT2D eigenvalue weighted by atomic mass is 9.98. The Morgan fingerprint density at radius 1 is 0.706 bits per heavy atom. The van der Waals surface area contributed by atoms with E-state index in [4.69, 9.17) is 14.5 Å². The Bertz CT molecular complexity index is 2020. The summed E-state index contributed by atoms with van der Waals surface area (Å²) in [5.74, 6) is 1.63. The average molecular weight is 681 g/mol. The molecule has 1 unspecified atom stereocenters. The molecular formula is C42H44N6O3. The SMILES string of the molecule is O=C(c1cc(Cc2ccc(N3CCN(c4ccncc4)CC3)cc2)nc2ccc(-c3ccc4c(c3)OCO4)cc12)N1CCCC1CN1CCCC1. The quantitative estimate of drug-likeness (QED) is 0.181. The van der Waals surface area contributed by atoms with Crippen LogP contribution in [0.15, 0.2) is 91.3 Å². The van der Waals surface area contributed by atoms with Crippen molar-refractivity contribution < 1.29 is 14.3 Å². The number of nitrogens with zero attached hydrogens (tertiary/aromatic N) is 6. The van der Waals surface area contributed by atoms with Crippen molar-refractivity contribution in [3.63, 3.8) is 0 Å². The molecule has 0 N–H and O–H groups in total. The third-order valence-corrected chi connectivity index (χ3v) is 11.1. The molecule has 6 heterocycles. The summed E-state index contributed by atoms with van der Waals surface area (Å²) < 4.78 is 11.2. The van der Waals surface area contributed by atoms with Crippen molar-refractivity contribution in [2.45, 2.75) is 38.1 Å². The summed E-state index contributed by atoms with van der Waals surface area (Å²) in [7, 11) is 0. The lowest BCUT2D eigenvalue weighted by molar-refractivity contribution is 0.0710. The number of pyridine rings is 2. The fourth-order valence-corrected chi connectivity index (χ4v) is 8.33. The predicted octanol–water partition coefficient (Wildman–Crippen LogP) is 6.64. The number of piperazine rings is 1. The molecule has 3 saturated heterocycles. The van der Waals surface area contributed by atoms with Crippen molar-refractivity contribution in [3.05, 3.63) is 108 Å². The van der Waals surface area contributed by atoms with Gasteiger partial charge < -0.3 is 29.1 Å². The summed E-state index contributed by atoms with van der Waals surface area (Å²) in [6.45, 7) is 8.20. The van der Waals surface area contributed by atoms with Crippen molar-refractivity contribution in [1.29, 1.82) is 0 Å². The number of anilines is 2. The van der Waals surface area contributed by atoms with Crippen LogP contribution in [-0.2, 0) is 6.42 Å². The molecule has 4 aliphatic heterocycles. The van der Waals surface area contributed by atoms with Crippen LogP contribution in [0.2, 0.25) is 0 Å². The molecule has 1 atom stereocenters. The van der Waals surface area contributed by atoms with Crippen LogP contribution in [0, 0.1) is 0 Å². The van der Waals surface area contributed by atoms with Gasteiger partial charge >= 0.3 is 0 Å². The first kappa shape index (κ1) is 31.8. The molecule has 3 fully saturated rings. The number of amides is 1. The number of hydrogen-bond donors (Lipinski definition) is 0. The molecule has 4 aliphatic rings. The molecule has 0 spiro atoms. The first-order valence-corrected chi connectivity index (χ1v) is 18.5. The normalized spacial score (nSPS) is 19.0. The van der Waals surface area contributed by atoms with Crippen LogP contribution in [0.1, 0.15) is 47.3 Å². The molecule has 51 heavy (non-hydrogen) atoms. The summed E-state index contributed by atoms with van der Waals surface area (Å²) in [5, 5.41) is 0.895. The summed E-state index contributed by atoms with van der Waals surface area (Å²) in [5.41, 5.74) is 8.21. The highest BCUT2D eigenvalue weighted by Crippen LogP contribution is 2.37. The van der Waals surface area contributed by atoms with E-state index >= 15 is 0 Å². The van der Waals surface area contributed by atoms with E-state index in [-0.39, 0.29) is 18.7 Å². The Hall–Kier alpha value is -5.15. The first-order chi connectivity index (χ1) is 25.1. The summed E-state index contributed by atoms with van der Waals surface area (Å²) in [6.07, 6.45) is 9.01. The zero-order chi connectivity index (χ0) is 34.1. The molecule has 9 nitrogen and oxygen atoms in total. The third kappa shape index (κ3) is 6.58. The number of carbonyl (C=O) groups excluding carboxylic acids is 1. The Labute approximate surface area is 299 Å². The molecule has 0 aliphatic carbocycles. The Morgan fingerprint density at radius 2 is 1.41 bits per heavy atom. The number of benzene rings is 3. The predicted molar refractivity (Wildman–Crippen MR) is 201 cm³/mol. The van der Waals surface area contributed by atoms with Gasteiger partial charge in [0.05, 0.1) is 11.1 Å². The van der Waals surface area contributed by atoms with Gasteiger partial charge in [0.15, 0.2) is 11.5 Å². The van der Waals surface area contributed by atoms with Crippen LogP contribution < -0.4 is 19.3 Å². The van der Waals surface area contributed by atoms with Gasteiger partial charge in [-0.1, -0.05) is 24.3 Å². The smallest absolute Gasteiger partial charge is 0.254 e. The molecule has 260 valence electrons. The summed E-state index contributed by atoms with van der Waals surface area (Å²) in [6, 6.07) is 27.7. The van der Waals surface area contributed by atoms with Crippen LogP contribution >= 0.6 is 0 Å². The van der Waals surface area contributed by atoms with Gasteiger partial charge in [0, 0.05) is 86.6 Å². The zero-order valence-electron chi connectivity index (χ0n) is 29.0. The van der Waals surface area contributed by atoms with Crippen LogP contribution in [-0.4, -0.2) is 90.9 Å². The van der Waals surface area contributed by atoms with E-state index in [2.05, 4.69) is 91.3 Å². The van der Waals surface area contributed by atoms with Crippen LogP contribution in [0.4, 0.5) is 11.4 Å². The third-order valence-electron chi connectivity index (χ3n) is 11.1. The molecule has 1 amide bonds. The molecular weight excluding hydrogens is 637 g/mol. The van der Waals surface area contributed by atoms with E-state index in [9.17, 15) is 4.79 Å². The highest BCUT2D eigenvalue weighted by molar-refractivity contribution is 6.07. The molecule has 0 radical (unpaired) electrons. The first-order valence-electron chi connectivity index (χ1n) is 18.5. The largest absolute Gasteiger partial charge is 0.454 e. The van der Waals surface area contributed by atoms with Gasteiger partial charge in [-0.3, -0.25) is 14.8 Å². The van der Waals surface area contributed by atoms with Crippen molar-refractivity contribution in [2.75, 3.05) is 69.0 Å². The van der Waals surface area contributed by atoms with Gasteiger partial charge in [-0.15, -0.1) is 0 Å². The standard InChI is InChI=1S/C42H44N6O3/c49-42(48-19-3-4-36(48)28-45-17-1-2-18-45)38-27-33(44-39-11-7-31(25-37(38)39)32-8-12-40-41(26-32)51-29-50-40)24-30-5-9-34(10-6-30)46-20-22-47(23-21-46)35-13-15-43-16-14-35/h5-16,25-27,36H,1-4,17-24,28-29H2. The lowest BCUT2D eigenvalue weighted by Crippen LogP contribution is -2.46. The van der Waals surface area contributed by atoms with Gasteiger partial charge in [-0.05, 0) is 110 Å². The summed E-state index contributed by atoms with van der Waals surface area (Å²) >= 11 is 0. The maximum atomic E-state index is 14.6. The fourth-order valence-electron chi connectivity index (χ4n) is 8.33. The maximum absolute atomic E-state index is 14.6. The molecule has 9 rings (SSSR count). The van der Waals surface area contributed by atoms with E-state index in [1.807, 2.05) is 24.5 Å². The minimum absolute atomic E-state index is 0.120. The Kier molecular flexibility index (Phi) is 8.65. The number of aromatic nitrogens is 2. The summed E-state index contributed by atoms with van der Waals surface area (Å²) in [4.78, 5) is 33.5. The van der Waals surface area contributed by atoms with Gasteiger partial charge in [-0.2, -0.15) is 0 Å². The monoisotopic (exact) mass is 680 g/mol. The highest BCUT2D eigenvalue weighted by Gasteiger charge is 2.32. The fraction of sp³-hybridized carbons (Fsp3) is 0.357. The van der Waals surface area contributed by atoms with E-state index in [1.165, 1.54) is 29.8 Å². The van der Waals surface area contributed by atoms with E-state index in [0.717, 1.165) is 110 Å². The molecule has 9 heteroatoms. The number of fused-ring (bicyclic) bond motifs is 2. The topological polar surface area (TPSA) is 74.3 Å². The van der Waals surface area contributed by atoms with E-state index in [0.29, 0.717) is 6.42 Å². The van der Waals surface area contributed by atoms with Gasteiger partial charge in [0.25, 0.3) is 5.91 Å². The van der Waals surface area contributed by atoms with Crippen molar-refractivity contribution >= 4 is 28.2 Å². The van der Waals surface area contributed by atoms with Gasteiger partial charge in [-0.25, -0.2) is 0 Å². The van der Waals surface area contributed by atoms with E-state index < -0.39 is 0 Å². The van der Waals surface area contributed by atoms with Crippen LogP contribution in [0.5, 0.6) is 11.5 Å². The molecule has 5 aromatic rings. The molecule has 0 saturated carbocycles. The Balaban J connectivity index is 0.986. The number of rotatable bonds is 8. The van der Waals surface area contributed by atoms with Crippen molar-refractivity contribution in [2.24, 2.45) is 0 Å². The zero-order valence-corrected chi connectivity index (χ0v) is 29.0. The molecule has 0 bridgehead atoms. The lowest BCUT2D eigenvalue weighted by Gasteiger charge is -2.37.